The number of hydrogen-bond donors (Lipinski definition) is 0. The van der Waals surface area contributed by atoms with E-state index in [2.05, 4.69) is 85.4 Å². The molecule has 1 nitrogen and oxygen atoms in total. The van der Waals surface area contributed by atoms with Crippen LogP contribution < -0.4 is 4.74 Å². The van der Waals surface area contributed by atoms with Crippen LogP contribution in [0.15, 0.2) is 45.9 Å². The topological polar surface area (TPSA) is 9.23 Å². The molecule has 0 atom stereocenters. The first-order valence-corrected chi connectivity index (χ1v) is 7.90. The van der Waals surface area contributed by atoms with Gasteiger partial charge in [-0.3, -0.25) is 0 Å². The number of rotatable bonds is 3. The Labute approximate surface area is 158 Å². The molecular formula is C18H25Cl2OTi. The Morgan fingerprint density at radius 3 is 2.09 bits per heavy atom. The van der Waals surface area contributed by atoms with Gasteiger partial charge in [0.15, 0.2) is 0 Å². The zero-order valence-electron chi connectivity index (χ0n) is 13.9. The first kappa shape index (κ1) is 21.8. The fourth-order valence-corrected chi connectivity index (χ4v) is 3.44. The van der Waals surface area contributed by atoms with Gasteiger partial charge in [-0.15, -0.1) is 24.8 Å². The van der Waals surface area contributed by atoms with E-state index in [1.807, 2.05) is 6.07 Å². The van der Waals surface area contributed by atoms with Crippen LogP contribution in [0.1, 0.15) is 46.6 Å². The first-order valence-electron chi connectivity index (χ1n) is 7.12. The van der Waals surface area contributed by atoms with Crippen LogP contribution in [0.4, 0.5) is 0 Å². The SMILES string of the molecule is CC(C)(C)Oc1ccccc1C(C)(C)C1=[C]([Ti])CC=C1.Cl.Cl. The van der Waals surface area contributed by atoms with Crippen molar-refractivity contribution in [3.8, 4) is 5.75 Å². The van der Waals surface area contributed by atoms with E-state index in [9.17, 15) is 0 Å². The minimum absolute atomic E-state index is 0. The summed E-state index contributed by atoms with van der Waals surface area (Å²) in [6.45, 7) is 10.9. The number of hydrogen-bond acceptors (Lipinski definition) is 1. The summed E-state index contributed by atoms with van der Waals surface area (Å²) < 4.78 is 7.63. The van der Waals surface area contributed by atoms with Crippen LogP contribution >= 0.6 is 24.8 Å². The van der Waals surface area contributed by atoms with Gasteiger partial charge in [0.05, 0.1) is 0 Å². The molecule has 0 spiro atoms. The van der Waals surface area contributed by atoms with Crippen molar-refractivity contribution in [1.82, 2.24) is 0 Å². The van der Waals surface area contributed by atoms with Gasteiger partial charge >= 0.3 is 134 Å². The Kier molecular flexibility index (Phi) is 7.98. The maximum atomic E-state index is 6.17. The van der Waals surface area contributed by atoms with Crippen LogP contribution in [-0.2, 0) is 25.9 Å². The summed E-state index contributed by atoms with van der Waals surface area (Å²) in [7, 11) is 0. The zero-order chi connectivity index (χ0) is 15.0. The Bertz CT molecular complexity index is 569. The normalized spacial score (nSPS) is 14.4. The smallest absolute Gasteiger partial charge is 0.147 e. The first-order chi connectivity index (χ1) is 9.22. The van der Waals surface area contributed by atoms with Crippen LogP contribution in [0.25, 0.3) is 0 Å². The van der Waals surface area contributed by atoms with Crippen LogP contribution in [0.3, 0.4) is 0 Å². The molecule has 0 radical (unpaired) electrons. The third-order valence-corrected chi connectivity index (χ3v) is 4.32. The van der Waals surface area contributed by atoms with Crippen molar-refractivity contribution in [2.24, 2.45) is 0 Å². The van der Waals surface area contributed by atoms with E-state index in [0.29, 0.717) is 0 Å². The Balaban J connectivity index is 0.00000220. The van der Waals surface area contributed by atoms with Crippen molar-refractivity contribution >= 4 is 24.8 Å². The van der Waals surface area contributed by atoms with Crippen molar-refractivity contribution in [2.45, 2.75) is 52.1 Å². The molecule has 0 amide bonds. The monoisotopic (exact) mass is 375 g/mol. The Hall–Kier alpha value is -0.206. The second-order valence-electron chi connectivity index (χ2n) is 6.83. The largest absolute Gasteiger partial charge is 0.147 e. The van der Waals surface area contributed by atoms with Gasteiger partial charge < -0.3 is 0 Å². The molecule has 1 aliphatic carbocycles. The summed E-state index contributed by atoms with van der Waals surface area (Å²) in [6.07, 6.45) is 5.59. The molecule has 4 heteroatoms. The van der Waals surface area contributed by atoms with E-state index in [-0.39, 0.29) is 35.8 Å². The molecule has 0 saturated heterocycles. The summed E-state index contributed by atoms with van der Waals surface area (Å²) in [6, 6.07) is 8.41. The molecule has 22 heavy (non-hydrogen) atoms. The Morgan fingerprint density at radius 2 is 1.59 bits per heavy atom. The van der Waals surface area contributed by atoms with E-state index in [0.717, 1.165) is 12.2 Å². The molecule has 0 heterocycles. The van der Waals surface area contributed by atoms with Gasteiger partial charge in [0, 0.05) is 0 Å². The summed E-state index contributed by atoms with van der Waals surface area (Å²) >= 11 is 2.23. The molecule has 0 N–H and O–H groups in total. The second-order valence-corrected chi connectivity index (χ2v) is 7.78. The summed E-state index contributed by atoms with van der Waals surface area (Å²) in [4.78, 5) is 0. The quantitative estimate of drug-likeness (QED) is 0.611. The van der Waals surface area contributed by atoms with E-state index < -0.39 is 0 Å². The van der Waals surface area contributed by atoms with Crippen molar-refractivity contribution < 1.29 is 25.2 Å². The van der Waals surface area contributed by atoms with Gasteiger partial charge in [-0.2, -0.15) is 0 Å². The van der Waals surface area contributed by atoms with Gasteiger partial charge in [0.1, 0.15) is 0 Å². The molecule has 0 aromatic heterocycles. The molecular weight excluding hydrogens is 351 g/mol. The number of benzene rings is 1. The average Bonchev–Trinajstić information content (AvgIpc) is 2.74. The molecule has 1 aliphatic rings. The van der Waals surface area contributed by atoms with Crippen molar-refractivity contribution in [2.75, 3.05) is 0 Å². The molecule has 1 aromatic rings. The van der Waals surface area contributed by atoms with Gasteiger partial charge in [-0.1, -0.05) is 0 Å². The molecule has 0 saturated carbocycles. The van der Waals surface area contributed by atoms with Gasteiger partial charge in [0.2, 0.25) is 0 Å². The van der Waals surface area contributed by atoms with E-state index in [1.54, 1.807) is 0 Å². The third kappa shape index (κ3) is 4.89. The number of allylic oxidation sites excluding steroid dienone is 4. The van der Waals surface area contributed by atoms with E-state index in [4.69, 9.17) is 4.74 Å². The number of ether oxygens (including phenoxy) is 1. The second kappa shape index (κ2) is 8.06. The average molecular weight is 376 g/mol. The van der Waals surface area contributed by atoms with Crippen LogP contribution in [0.5, 0.6) is 5.75 Å². The van der Waals surface area contributed by atoms with Gasteiger partial charge in [-0.05, 0) is 0 Å². The molecule has 0 fully saturated rings. The van der Waals surface area contributed by atoms with E-state index >= 15 is 0 Å². The van der Waals surface area contributed by atoms with Crippen molar-refractivity contribution in [3.05, 3.63) is 51.4 Å². The van der Waals surface area contributed by atoms with Crippen LogP contribution in [-0.4, -0.2) is 5.60 Å². The van der Waals surface area contributed by atoms with Crippen LogP contribution in [0, 0.1) is 0 Å². The van der Waals surface area contributed by atoms with Crippen molar-refractivity contribution in [3.63, 3.8) is 0 Å². The van der Waals surface area contributed by atoms with Gasteiger partial charge in [-0.25, -0.2) is 0 Å². The molecule has 0 bridgehead atoms. The maximum absolute atomic E-state index is 6.17. The Morgan fingerprint density at radius 1 is 1.00 bits per heavy atom. The van der Waals surface area contributed by atoms with Crippen molar-refractivity contribution in [1.29, 1.82) is 0 Å². The fourth-order valence-electron chi connectivity index (χ4n) is 2.64. The van der Waals surface area contributed by atoms with Gasteiger partial charge in [0.25, 0.3) is 0 Å². The molecule has 0 aliphatic heterocycles. The van der Waals surface area contributed by atoms with E-state index in [1.165, 1.54) is 15.0 Å². The fraction of sp³-hybridized carbons (Fsp3) is 0.444. The summed E-state index contributed by atoms with van der Waals surface area (Å²) in [5, 5.41) is 0. The number of para-hydroxylation sites is 1. The molecule has 121 valence electrons. The number of halogens is 2. The minimum atomic E-state index is -0.179. The standard InChI is InChI=1S/C18H23O.2ClH.Ti/c1-17(2,3)19-16-13-9-8-12-15(16)18(4,5)14-10-6-7-11-14;;;/h6,8-10,12-13H,7H2,1-5H3;2*1H;. The predicted molar refractivity (Wildman–Crippen MR) is 95.1 cm³/mol. The molecule has 1 aromatic carbocycles. The van der Waals surface area contributed by atoms with Crippen LogP contribution in [0.2, 0.25) is 0 Å². The molecule has 0 unspecified atom stereocenters. The zero-order valence-corrected chi connectivity index (χ0v) is 17.1. The minimum Gasteiger partial charge on any atom is -0.147 e. The summed E-state index contributed by atoms with van der Waals surface area (Å²) in [5.74, 6) is 0.991. The third-order valence-electron chi connectivity index (χ3n) is 3.58. The maximum Gasteiger partial charge on any atom is -0.147 e. The predicted octanol–water partition coefficient (Wildman–Crippen LogP) is 5.75. The summed E-state index contributed by atoms with van der Waals surface area (Å²) in [5.41, 5.74) is 2.47. The molecule has 2 rings (SSSR count).